The summed E-state index contributed by atoms with van der Waals surface area (Å²) in [5.41, 5.74) is 3.43. The lowest BCUT2D eigenvalue weighted by atomic mass is 10.0. The van der Waals surface area contributed by atoms with E-state index in [9.17, 15) is 0 Å². The standard InChI is InChI=1S/C19H23N5O/c1-14(2)13-25-19-11-20-10-18(23-19)21-8-15-6-4-5-7-17(15)16-9-22-24(3)12-16/h4-7,9-12,14H,8,13H2,1-3H3,(H,21,23). The highest BCUT2D eigenvalue weighted by molar-refractivity contribution is 5.66. The number of nitrogens with zero attached hydrogens (tertiary/aromatic N) is 4. The van der Waals surface area contributed by atoms with Crippen molar-refractivity contribution in [3.05, 3.63) is 54.6 Å². The van der Waals surface area contributed by atoms with E-state index < -0.39 is 0 Å². The number of anilines is 1. The summed E-state index contributed by atoms with van der Waals surface area (Å²) in [6, 6.07) is 8.26. The molecule has 0 aliphatic carbocycles. The Morgan fingerprint density at radius 2 is 2.00 bits per heavy atom. The monoisotopic (exact) mass is 337 g/mol. The molecule has 2 aromatic heterocycles. The summed E-state index contributed by atoms with van der Waals surface area (Å²) in [6.45, 7) is 5.48. The second kappa shape index (κ2) is 7.79. The quantitative estimate of drug-likeness (QED) is 0.714. The van der Waals surface area contributed by atoms with E-state index in [1.807, 2.05) is 31.6 Å². The molecule has 0 unspecified atom stereocenters. The molecule has 6 heteroatoms. The van der Waals surface area contributed by atoms with E-state index in [4.69, 9.17) is 4.74 Å². The number of benzene rings is 1. The molecule has 0 spiro atoms. The summed E-state index contributed by atoms with van der Waals surface area (Å²) in [5, 5.41) is 7.58. The number of aryl methyl sites for hydroxylation is 1. The molecule has 3 rings (SSSR count). The molecular formula is C19H23N5O. The van der Waals surface area contributed by atoms with Gasteiger partial charge in [0.05, 0.1) is 25.2 Å². The molecule has 0 saturated carbocycles. The molecule has 0 radical (unpaired) electrons. The van der Waals surface area contributed by atoms with Gasteiger partial charge in [0.25, 0.3) is 0 Å². The molecule has 0 fully saturated rings. The van der Waals surface area contributed by atoms with Crippen LogP contribution < -0.4 is 10.1 Å². The van der Waals surface area contributed by atoms with Crippen molar-refractivity contribution in [2.75, 3.05) is 11.9 Å². The average molecular weight is 337 g/mol. The first-order valence-electron chi connectivity index (χ1n) is 8.37. The lowest BCUT2D eigenvalue weighted by Gasteiger charge is -2.11. The molecule has 0 amide bonds. The zero-order valence-electron chi connectivity index (χ0n) is 14.8. The Kier molecular flexibility index (Phi) is 5.28. The summed E-state index contributed by atoms with van der Waals surface area (Å²) in [5.74, 6) is 1.69. The summed E-state index contributed by atoms with van der Waals surface area (Å²) in [6.07, 6.45) is 7.23. The summed E-state index contributed by atoms with van der Waals surface area (Å²) >= 11 is 0. The zero-order chi connectivity index (χ0) is 17.6. The molecule has 0 bridgehead atoms. The molecule has 0 aliphatic rings. The molecular weight excluding hydrogens is 314 g/mol. The molecule has 2 heterocycles. The Hall–Kier alpha value is -2.89. The van der Waals surface area contributed by atoms with Crippen LogP contribution in [0.5, 0.6) is 5.88 Å². The van der Waals surface area contributed by atoms with Crippen LogP contribution in [-0.4, -0.2) is 26.4 Å². The highest BCUT2D eigenvalue weighted by Crippen LogP contribution is 2.23. The smallest absolute Gasteiger partial charge is 0.234 e. The number of hydrogen-bond acceptors (Lipinski definition) is 5. The van der Waals surface area contributed by atoms with Gasteiger partial charge in [0.15, 0.2) is 0 Å². The first kappa shape index (κ1) is 17.0. The maximum absolute atomic E-state index is 5.63. The van der Waals surface area contributed by atoms with Crippen molar-refractivity contribution in [3.63, 3.8) is 0 Å². The minimum Gasteiger partial charge on any atom is -0.476 e. The van der Waals surface area contributed by atoms with Gasteiger partial charge in [0.2, 0.25) is 5.88 Å². The van der Waals surface area contributed by atoms with Gasteiger partial charge in [-0.15, -0.1) is 0 Å². The van der Waals surface area contributed by atoms with E-state index in [-0.39, 0.29) is 0 Å². The van der Waals surface area contributed by atoms with Gasteiger partial charge in [-0.05, 0) is 17.0 Å². The topological polar surface area (TPSA) is 64.9 Å². The van der Waals surface area contributed by atoms with Crippen LogP contribution in [0.15, 0.2) is 49.1 Å². The van der Waals surface area contributed by atoms with E-state index >= 15 is 0 Å². The average Bonchev–Trinajstić information content (AvgIpc) is 3.05. The molecule has 0 aliphatic heterocycles. The van der Waals surface area contributed by atoms with Crippen LogP contribution in [0, 0.1) is 5.92 Å². The van der Waals surface area contributed by atoms with E-state index in [1.54, 1.807) is 17.1 Å². The molecule has 3 aromatic rings. The molecule has 0 atom stereocenters. The number of nitrogens with one attached hydrogen (secondary N) is 1. The Labute approximate surface area is 147 Å². The summed E-state index contributed by atoms with van der Waals surface area (Å²) in [4.78, 5) is 8.65. The third kappa shape index (κ3) is 4.56. The van der Waals surface area contributed by atoms with Crippen LogP contribution in [0.2, 0.25) is 0 Å². The van der Waals surface area contributed by atoms with Gasteiger partial charge in [-0.2, -0.15) is 10.1 Å². The van der Waals surface area contributed by atoms with Crippen molar-refractivity contribution in [2.24, 2.45) is 13.0 Å². The van der Waals surface area contributed by atoms with Crippen LogP contribution in [0.25, 0.3) is 11.1 Å². The molecule has 0 saturated heterocycles. The van der Waals surface area contributed by atoms with E-state index in [2.05, 4.69) is 46.4 Å². The molecule has 25 heavy (non-hydrogen) atoms. The zero-order valence-corrected chi connectivity index (χ0v) is 14.8. The fourth-order valence-electron chi connectivity index (χ4n) is 2.46. The number of ether oxygens (including phenoxy) is 1. The van der Waals surface area contributed by atoms with Crippen LogP contribution in [0.3, 0.4) is 0 Å². The van der Waals surface area contributed by atoms with Gasteiger partial charge in [0.1, 0.15) is 5.82 Å². The number of hydrogen-bond donors (Lipinski definition) is 1. The van der Waals surface area contributed by atoms with Crippen LogP contribution >= 0.6 is 0 Å². The molecule has 1 N–H and O–H groups in total. The van der Waals surface area contributed by atoms with Crippen molar-refractivity contribution in [1.82, 2.24) is 19.7 Å². The Morgan fingerprint density at radius 1 is 1.16 bits per heavy atom. The summed E-state index contributed by atoms with van der Waals surface area (Å²) < 4.78 is 7.44. The van der Waals surface area contributed by atoms with Crippen LogP contribution in [0.4, 0.5) is 5.82 Å². The van der Waals surface area contributed by atoms with Crippen molar-refractivity contribution < 1.29 is 4.74 Å². The maximum atomic E-state index is 5.63. The maximum Gasteiger partial charge on any atom is 0.234 e. The normalized spacial score (nSPS) is 10.9. The van der Waals surface area contributed by atoms with Gasteiger partial charge >= 0.3 is 0 Å². The summed E-state index contributed by atoms with van der Waals surface area (Å²) in [7, 11) is 1.92. The Bertz CT molecular complexity index is 828. The van der Waals surface area contributed by atoms with Crippen molar-refractivity contribution in [3.8, 4) is 17.0 Å². The Morgan fingerprint density at radius 3 is 2.76 bits per heavy atom. The third-order valence-electron chi connectivity index (χ3n) is 3.67. The van der Waals surface area contributed by atoms with Crippen molar-refractivity contribution in [2.45, 2.75) is 20.4 Å². The van der Waals surface area contributed by atoms with Crippen LogP contribution in [-0.2, 0) is 13.6 Å². The predicted octanol–water partition coefficient (Wildman–Crippen LogP) is 3.52. The van der Waals surface area contributed by atoms with Gasteiger partial charge in [-0.1, -0.05) is 38.1 Å². The van der Waals surface area contributed by atoms with Gasteiger partial charge < -0.3 is 10.1 Å². The SMILES string of the molecule is CC(C)COc1cncc(NCc2ccccc2-c2cnn(C)c2)n1. The van der Waals surface area contributed by atoms with E-state index in [0.717, 1.165) is 11.1 Å². The van der Waals surface area contributed by atoms with E-state index in [1.165, 1.54) is 5.56 Å². The van der Waals surface area contributed by atoms with E-state index in [0.29, 0.717) is 30.8 Å². The Balaban J connectivity index is 1.71. The lowest BCUT2D eigenvalue weighted by Crippen LogP contribution is -2.08. The van der Waals surface area contributed by atoms with Crippen molar-refractivity contribution in [1.29, 1.82) is 0 Å². The highest BCUT2D eigenvalue weighted by atomic mass is 16.5. The molecule has 1 aromatic carbocycles. The first-order valence-corrected chi connectivity index (χ1v) is 8.37. The van der Waals surface area contributed by atoms with Crippen LogP contribution in [0.1, 0.15) is 19.4 Å². The largest absolute Gasteiger partial charge is 0.476 e. The highest BCUT2D eigenvalue weighted by Gasteiger charge is 2.07. The van der Waals surface area contributed by atoms with Gasteiger partial charge in [-0.3, -0.25) is 9.67 Å². The van der Waals surface area contributed by atoms with Gasteiger partial charge in [-0.25, -0.2) is 0 Å². The molecule has 130 valence electrons. The second-order valence-electron chi connectivity index (χ2n) is 6.36. The lowest BCUT2D eigenvalue weighted by molar-refractivity contribution is 0.260. The number of rotatable bonds is 7. The fourth-order valence-corrected chi connectivity index (χ4v) is 2.46. The van der Waals surface area contributed by atoms with Crippen molar-refractivity contribution >= 4 is 5.82 Å². The number of aromatic nitrogens is 4. The minimum absolute atomic E-state index is 0.449. The van der Waals surface area contributed by atoms with Gasteiger partial charge in [0, 0.05) is 25.4 Å². The predicted molar refractivity (Wildman–Crippen MR) is 98.3 cm³/mol. The fraction of sp³-hybridized carbons (Fsp3) is 0.316. The minimum atomic E-state index is 0.449. The molecule has 6 nitrogen and oxygen atoms in total. The second-order valence-corrected chi connectivity index (χ2v) is 6.36. The first-order chi connectivity index (χ1) is 12.1. The third-order valence-corrected chi connectivity index (χ3v) is 3.67.